The number of amides is 2. The molecule has 1 aromatic carbocycles. The largest absolute Gasteiger partial charge is 0.489 e. The number of benzene rings is 1. The molecule has 1 aliphatic heterocycles. The van der Waals surface area contributed by atoms with Crippen LogP contribution in [0.4, 0.5) is 14.9 Å². The van der Waals surface area contributed by atoms with Crippen molar-refractivity contribution >= 4 is 17.7 Å². The number of aliphatic carboxylic acids is 1. The molecule has 2 rings (SSSR count). The number of piperidine rings is 1. The summed E-state index contributed by atoms with van der Waals surface area (Å²) in [5.74, 6) is -0.935. The molecule has 0 saturated carbocycles. The maximum atomic E-state index is 12.4. The van der Waals surface area contributed by atoms with Crippen molar-refractivity contribution in [2.45, 2.75) is 13.3 Å². The second-order valence-corrected chi connectivity index (χ2v) is 5.74. The third kappa shape index (κ3) is 4.58. The number of likely N-dealkylation sites (tertiary alicyclic amines) is 1. The molecule has 1 saturated heterocycles. The van der Waals surface area contributed by atoms with Crippen molar-refractivity contribution in [2.24, 2.45) is 11.8 Å². The smallest absolute Gasteiger partial charge is 0.321 e. The Labute approximate surface area is 134 Å². The molecule has 1 heterocycles. The number of nitrogens with zero attached hydrogens (tertiary/aromatic N) is 1. The predicted molar refractivity (Wildman–Crippen MR) is 83.4 cm³/mol. The van der Waals surface area contributed by atoms with Gasteiger partial charge in [-0.2, -0.15) is 0 Å². The molecule has 2 N–H and O–H groups in total. The van der Waals surface area contributed by atoms with Gasteiger partial charge in [-0.1, -0.05) is 19.1 Å². The lowest BCUT2D eigenvalue weighted by molar-refractivity contribution is -0.143. The lowest BCUT2D eigenvalue weighted by Gasteiger charge is -2.34. The summed E-state index contributed by atoms with van der Waals surface area (Å²) in [4.78, 5) is 25.1. The van der Waals surface area contributed by atoms with Crippen LogP contribution >= 0.6 is 0 Å². The summed E-state index contributed by atoms with van der Waals surface area (Å²) < 4.78 is 17.5. The number of urea groups is 1. The average Bonchev–Trinajstić information content (AvgIpc) is 2.53. The Morgan fingerprint density at radius 1 is 1.39 bits per heavy atom. The molecule has 2 amide bonds. The highest BCUT2D eigenvalue weighted by Crippen LogP contribution is 2.26. The van der Waals surface area contributed by atoms with E-state index in [1.54, 1.807) is 24.3 Å². The first kappa shape index (κ1) is 17.1. The molecule has 23 heavy (non-hydrogen) atoms. The lowest BCUT2D eigenvalue weighted by atomic mass is 9.91. The first-order valence-corrected chi connectivity index (χ1v) is 7.57. The van der Waals surface area contributed by atoms with E-state index in [0.29, 0.717) is 24.4 Å². The molecule has 6 nitrogen and oxygen atoms in total. The van der Waals surface area contributed by atoms with E-state index in [0.717, 1.165) is 0 Å². The molecule has 126 valence electrons. The molecule has 0 aliphatic carbocycles. The SMILES string of the molecule is CC1CC(C(=O)O)CN(C(=O)Nc2ccccc2OCCF)C1. The van der Waals surface area contributed by atoms with E-state index in [9.17, 15) is 19.1 Å². The van der Waals surface area contributed by atoms with Crippen molar-refractivity contribution < 1.29 is 23.8 Å². The summed E-state index contributed by atoms with van der Waals surface area (Å²) in [7, 11) is 0. The topological polar surface area (TPSA) is 78.9 Å². The van der Waals surface area contributed by atoms with Crippen LogP contribution in [0.2, 0.25) is 0 Å². The van der Waals surface area contributed by atoms with Gasteiger partial charge in [-0.3, -0.25) is 4.79 Å². The van der Waals surface area contributed by atoms with Crippen molar-refractivity contribution in [1.82, 2.24) is 4.90 Å². The third-order valence-electron chi connectivity index (χ3n) is 3.76. The van der Waals surface area contributed by atoms with E-state index >= 15 is 0 Å². The highest BCUT2D eigenvalue weighted by molar-refractivity contribution is 5.91. The summed E-state index contributed by atoms with van der Waals surface area (Å²) in [6.45, 7) is 1.90. The number of para-hydroxylation sites is 2. The van der Waals surface area contributed by atoms with Gasteiger partial charge in [0.25, 0.3) is 0 Å². The molecule has 2 unspecified atom stereocenters. The fourth-order valence-electron chi connectivity index (χ4n) is 2.73. The van der Waals surface area contributed by atoms with Gasteiger partial charge in [0.15, 0.2) is 0 Å². The molecule has 0 radical (unpaired) electrons. The van der Waals surface area contributed by atoms with Gasteiger partial charge < -0.3 is 20.1 Å². The van der Waals surface area contributed by atoms with E-state index in [-0.39, 0.29) is 25.1 Å². The molecule has 0 bridgehead atoms. The first-order valence-electron chi connectivity index (χ1n) is 7.57. The number of alkyl halides is 1. The molecule has 0 spiro atoms. The highest BCUT2D eigenvalue weighted by atomic mass is 19.1. The third-order valence-corrected chi connectivity index (χ3v) is 3.76. The Hall–Kier alpha value is -2.31. The summed E-state index contributed by atoms with van der Waals surface area (Å²) in [6, 6.07) is 6.39. The molecule has 2 atom stereocenters. The molecule has 0 aromatic heterocycles. The molecule has 1 aliphatic rings. The Balaban J connectivity index is 2.05. The molecule has 1 fully saturated rings. The highest BCUT2D eigenvalue weighted by Gasteiger charge is 2.32. The van der Waals surface area contributed by atoms with E-state index in [4.69, 9.17) is 4.74 Å². The van der Waals surface area contributed by atoms with Crippen LogP contribution in [0.25, 0.3) is 0 Å². The standard InChI is InChI=1S/C16H21FN2O4/c1-11-8-12(15(20)21)10-19(9-11)16(22)18-13-4-2-3-5-14(13)23-7-6-17/h2-5,11-12H,6-10H2,1H3,(H,18,22)(H,20,21). The van der Waals surface area contributed by atoms with Crippen molar-refractivity contribution in [2.75, 3.05) is 31.7 Å². The number of ether oxygens (including phenoxy) is 1. The summed E-state index contributed by atoms with van der Waals surface area (Å²) in [5, 5.41) is 11.9. The van der Waals surface area contributed by atoms with Gasteiger partial charge in [-0.25, -0.2) is 9.18 Å². The zero-order valence-corrected chi connectivity index (χ0v) is 13.0. The zero-order valence-electron chi connectivity index (χ0n) is 13.0. The van der Waals surface area contributed by atoms with Crippen LogP contribution in [0.3, 0.4) is 0 Å². The normalized spacial score (nSPS) is 20.9. The summed E-state index contributed by atoms with van der Waals surface area (Å²) in [6.07, 6.45) is 0.565. The average molecular weight is 324 g/mol. The van der Waals surface area contributed by atoms with E-state index in [2.05, 4.69) is 5.32 Å². The maximum absolute atomic E-state index is 12.4. The second kappa shape index (κ2) is 7.80. The summed E-state index contributed by atoms with van der Waals surface area (Å²) >= 11 is 0. The minimum Gasteiger partial charge on any atom is -0.489 e. The van der Waals surface area contributed by atoms with Crippen LogP contribution in [0.5, 0.6) is 5.75 Å². The van der Waals surface area contributed by atoms with Crippen LogP contribution in [0, 0.1) is 11.8 Å². The fraction of sp³-hybridized carbons (Fsp3) is 0.500. The monoisotopic (exact) mass is 324 g/mol. The first-order chi connectivity index (χ1) is 11.0. The van der Waals surface area contributed by atoms with Crippen molar-refractivity contribution in [3.8, 4) is 5.75 Å². The Kier molecular flexibility index (Phi) is 5.78. The number of carbonyl (C=O) groups excluding carboxylic acids is 1. The quantitative estimate of drug-likeness (QED) is 0.872. The van der Waals surface area contributed by atoms with Gasteiger partial charge in [-0.05, 0) is 24.5 Å². The zero-order chi connectivity index (χ0) is 16.8. The number of carboxylic acid groups (broad SMARTS) is 1. The van der Waals surface area contributed by atoms with Crippen LogP contribution < -0.4 is 10.1 Å². The van der Waals surface area contributed by atoms with Gasteiger partial charge in [0.05, 0.1) is 11.6 Å². The molecular weight excluding hydrogens is 303 g/mol. The predicted octanol–water partition coefficient (Wildman–Crippen LogP) is 2.61. The number of hydrogen-bond acceptors (Lipinski definition) is 3. The number of rotatable bonds is 5. The summed E-state index contributed by atoms with van der Waals surface area (Å²) in [5.41, 5.74) is 0.441. The van der Waals surface area contributed by atoms with Gasteiger partial charge in [0.1, 0.15) is 19.0 Å². The van der Waals surface area contributed by atoms with Crippen molar-refractivity contribution in [3.05, 3.63) is 24.3 Å². The minimum absolute atomic E-state index is 0.0886. The van der Waals surface area contributed by atoms with E-state index < -0.39 is 18.6 Å². The second-order valence-electron chi connectivity index (χ2n) is 5.74. The Morgan fingerprint density at radius 2 is 2.13 bits per heavy atom. The van der Waals surface area contributed by atoms with Gasteiger partial charge >= 0.3 is 12.0 Å². The number of nitrogens with one attached hydrogen (secondary N) is 1. The molecular formula is C16H21FN2O4. The van der Waals surface area contributed by atoms with Gasteiger partial charge in [0, 0.05) is 13.1 Å². The Bertz CT molecular complexity index is 567. The van der Waals surface area contributed by atoms with Gasteiger partial charge in [0.2, 0.25) is 0 Å². The van der Waals surface area contributed by atoms with Gasteiger partial charge in [-0.15, -0.1) is 0 Å². The van der Waals surface area contributed by atoms with Crippen molar-refractivity contribution in [3.63, 3.8) is 0 Å². The van der Waals surface area contributed by atoms with E-state index in [1.165, 1.54) is 4.90 Å². The van der Waals surface area contributed by atoms with Crippen LogP contribution in [0.15, 0.2) is 24.3 Å². The Morgan fingerprint density at radius 3 is 2.83 bits per heavy atom. The van der Waals surface area contributed by atoms with E-state index in [1.807, 2.05) is 6.92 Å². The fourth-order valence-corrected chi connectivity index (χ4v) is 2.73. The number of carboxylic acids is 1. The van der Waals surface area contributed by atoms with Crippen molar-refractivity contribution in [1.29, 1.82) is 0 Å². The van der Waals surface area contributed by atoms with Crippen LogP contribution in [0.1, 0.15) is 13.3 Å². The number of hydrogen-bond donors (Lipinski definition) is 2. The van der Waals surface area contributed by atoms with Crippen LogP contribution in [-0.2, 0) is 4.79 Å². The number of halogens is 1. The number of anilines is 1. The molecule has 7 heteroatoms. The maximum Gasteiger partial charge on any atom is 0.321 e. The van der Waals surface area contributed by atoms with Crippen LogP contribution in [-0.4, -0.2) is 48.4 Å². The lowest BCUT2D eigenvalue weighted by Crippen LogP contribution is -2.47. The number of carbonyl (C=O) groups is 2. The minimum atomic E-state index is -0.888. The molecule has 1 aromatic rings.